The van der Waals surface area contributed by atoms with Crippen molar-refractivity contribution in [2.75, 3.05) is 9.80 Å². The molecule has 0 aliphatic carbocycles. The SMILES string of the molecule is c1ccc(-c2ccc(N(c3ccc(-c4ccccc4)cc3)c3ccc4c(-c5ccc6ccccc6c5)c5cc(N(c6ccc(-c7ccccc7)cc6)c6ccc(-c7ccccc7)cc6)ccc5c(-c5ccc6ccccc6c5)c4c3)cc2)cc1. The van der Waals surface area contributed by atoms with Crippen molar-refractivity contribution in [3.63, 3.8) is 0 Å². The molecule has 15 aromatic rings. The average Bonchev–Trinajstić information content (AvgIpc) is 1.44. The number of anilines is 6. The third kappa shape index (κ3) is 9.52. The molecule has 0 aliphatic rings. The number of nitrogens with zero attached hydrogens (tertiary/aromatic N) is 2. The van der Waals surface area contributed by atoms with Crippen LogP contribution in [-0.4, -0.2) is 0 Å². The topological polar surface area (TPSA) is 6.48 Å². The van der Waals surface area contributed by atoms with Gasteiger partial charge in [-0.05, 0) is 195 Å². The van der Waals surface area contributed by atoms with Crippen LogP contribution in [0.5, 0.6) is 0 Å². The summed E-state index contributed by atoms with van der Waals surface area (Å²) < 4.78 is 0. The second-order valence-corrected chi connectivity index (χ2v) is 21.7. The first-order valence-electron chi connectivity index (χ1n) is 28.9. The molecule has 0 fully saturated rings. The van der Waals surface area contributed by atoms with Gasteiger partial charge in [0.1, 0.15) is 0 Å². The molecule has 394 valence electrons. The molecule has 84 heavy (non-hydrogen) atoms. The van der Waals surface area contributed by atoms with Crippen LogP contribution in [0.25, 0.3) is 110 Å². The Bertz CT molecular complexity index is 4350. The van der Waals surface area contributed by atoms with Gasteiger partial charge in [0.15, 0.2) is 0 Å². The molecule has 0 atom stereocenters. The molecule has 15 rings (SSSR count). The maximum absolute atomic E-state index is 2.45. The Morgan fingerprint density at radius 1 is 0.143 bits per heavy atom. The summed E-state index contributed by atoms with van der Waals surface area (Å²) in [6.07, 6.45) is 0. The zero-order valence-corrected chi connectivity index (χ0v) is 46.2. The van der Waals surface area contributed by atoms with Crippen LogP contribution < -0.4 is 9.80 Å². The summed E-state index contributed by atoms with van der Waals surface area (Å²) in [5.74, 6) is 0. The van der Waals surface area contributed by atoms with E-state index in [4.69, 9.17) is 0 Å². The number of benzene rings is 15. The molecule has 0 radical (unpaired) electrons. The third-order valence-electron chi connectivity index (χ3n) is 16.6. The molecule has 0 spiro atoms. The van der Waals surface area contributed by atoms with Crippen molar-refractivity contribution in [1.82, 2.24) is 0 Å². The van der Waals surface area contributed by atoms with E-state index in [1.807, 2.05) is 0 Å². The minimum Gasteiger partial charge on any atom is -0.310 e. The van der Waals surface area contributed by atoms with Gasteiger partial charge in [-0.3, -0.25) is 0 Å². The maximum Gasteiger partial charge on any atom is 0.0468 e. The van der Waals surface area contributed by atoms with E-state index in [0.717, 1.165) is 45.3 Å². The highest BCUT2D eigenvalue weighted by Gasteiger charge is 2.23. The number of hydrogen-bond donors (Lipinski definition) is 0. The normalized spacial score (nSPS) is 11.3. The highest BCUT2D eigenvalue weighted by molar-refractivity contribution is 6.23. The smallest absolute Gasteiger partial charge is 0.0468 e. The first-order valence-corrected chi connectivity index (χ1v) is 28.9. The van der Waals surface area contributed by atoms with Crippen molar-refractivity contribution in [2.45, 2.75) is 0 Å². The molecule has 15 aromatic carbocycles. The highest BCUT2D eigenvalue weighted by Crippen LogP contribution is 2.50. The molecule has 2 heteroatoms. The van der Waals surface area contributed by atoms with Crippen LogP contribution >= 0.6 is 0 Å². The van der Waals surface area contributed by atoms with Gasteiger partial charge in [-0.25, -0.2) is 0 Å². The van der Waals surface area contributed by atoms with Crippen molar-refractivity contribution >= 4 is 77.2 Å². The molecular weight excluding hydrogens is 1010 g/mol. The van der Waals surface area contributed by atoms with Crippen LogP contribution in [0.2, 0.25) is 0 Å². The van der Waals surface area contributed by atoms with Crippen LogP contribution in [0, 0.1) is 0 Å². The number of fused-ring (bicyclic) bond motifs is 4. The van der Waals surface area contributed by atoms with Gasteiger partial charge in [0.2, 0.25) is 0 Å². The summed E-state index contributed by atoms with van der Waals surface area (Å²) in [7, 11) is 0. The lowest BCUT2D eigenvalue weighted by Crippen LogP contribution is -2.10. The fourth-order valence-corrected chi connectivity index (χ4v) is 12.4. The Morgan fingerprint density at radius 3 is 0.679 bits per heavy atom. The van der Waals surface area contributed by atoms with Crippen molar-refractivity contribution < 1.29 is 0 Å². The Hall–Kier alpha value is -11.1. The Kier molecular flexibility index (Phi) is 12.9. The quantitative estimate of drug-likeness (QED) is 0.113. The van der Waals surface area contributed by atoms with E-state index < -0.39 is 0 Å². The molecule has 0 aromatic heterocycles. The zero-order valence-electron chi connectivity index (χ0n) is 46.2. The molecule has 0 saturated carbocycles. The van der Waals surface area contributed by atoms with E-state index in [9.17, 15) is 0 Å². The summed E-state index contributed by atoms with van der Waals surface area (Å²) >= 11 is 0. The monoisotopic (exact) mass is 1070 g/mol. The standard InChI is InChI=1S/C82H56N2/c1-5-17-57(18-6-1)63-33-41-71(42-34-63)83(72-43-35-64(36-44-72)58-19-7-2-8-20-58)75-49-51-77-79(55-75)81(69-31-29-61-25-13-15-27-67(61)53-69)78-52-50-76(56-80(78)82(77)70-32-30-62-26-14-16-28-68(62)54-70)84(73-45-37-65(38-46-73)59-21-9-3-10-22-59)74-47-39-66(40-48-74)60-23-11-4-12-24-60/h1-56H. The molecular formula is C82H56N2. The fraction of sp³-hybridized carbons (Fsp3) is 0. The summed E-state index contributed by atoms with van der Waals surface area (Å²) in [6.45, 7) is 0. The summed E-state index contributed by atoms with van der Waals surface area (Å²) in [5.41, 5.74) is 20.6. The first kappa shape index (κ1) is 49.9. The van der Waals surface area contributed by atoms with Gasteiger partial charge in [0.25, 0.3) is 0 Å². The van der Waals surface area contributed by atoms with Crippen molar-refractivity contribution in [3.8, 4) is 66.8 Å². The molecule has 0 saturated heterocycles. The van der Waals surface area contributed by atoms with Crippen LogP contribution in [0.4, 0.5) is 34.1 Å². The van der Waals surface area contributed by atoms with Crippen LogP contribution in [0.1, 0.15) is 0 Å². The summed E-state index contributed by atoms with van der Waals surface area (Å²) in [6, 6.07) is 124. The van der Waals surface area contributed by atoms with Crippen LogP contribution in [0.3, 0.4) is 0 Å². The van der Waals surface area contributed by atoms with E-state index in [1.54, 1.807) is 0 Å². The predicted octanol–water partition coefficient (Wildman–Crippen LogP) is 23.2. The predicted molar refractivity (Wildman–Crippen MR) is 358 cm³/mol. The van der Waals surface area contributed by atoms with E-state index in [2.05, 4.69) is 350 Å². The molecule has 0 aliphatic heterocycles. The van der Waals surface area contributed by atoms with E-state index in [-0.39, 0.29) is 0 Å². The summed E-state index contributed by atoms with van der Waals surface area (Å²) in [5, 5.41) is 9.50. The van der Waals surface area contributed by atoms with Crippen molar-refractivity contribution in [1.29, 1.82) is 0 Å². The molecule has 2 nitrogen and oxygen atoms in total. The second kappa shape index (κ2) is 21.8. The molecule has 0 N–H and O–H groups in total. The Morgan fingerprint density at radius 2 is 0.381 bits per heavy atom. The van der Waals surface area contributed by atoms with E-state index >= 15 is 0 Å². The highest BCUT2D eigenvalue weighted by atomic mass is 15.1. The lowest BCUT2D eigenvalue weighted by atomic mass is 9.84. The largest absolute Gasteiger partial charge is 0.310 e. The van der Waals surface area contributed by atoms with Gasteiger partial charge in [-0.1, -0.05) is 255 Å². The maximum atomic E-state index is 2.45. The van der Waals surface area contributed by atoms with Crippen LogP contribution in [-0.2, 0) is 0 Å². The van der Waals surface area contributed by atoms with Gasteiger partial charge in [-0.15, -0.1) is 0 Å². The average molecular weight is 1070 g/mol. The Balaban J connectivity index is 0.985. The second-order valence-electron chi connectivity index (χ2n) is 21.7. The van der Waals surface area contributed by atoms with Crippen molar-refractivity contribution in [3.05, 3.63) is 340 Å². The van der Waals surface area contributed by atoms with Crippen molar-refractivity contribution in [2.24, 2.45) is 0 Å². The van der Waals surface area contributed by atoms with Gasteiger partial charge in [-0.2, -0.15) is 0 Å². The first-order chi connectivity index (χ1) is 41.6. The summed E-state index contributed by atoms with van der Waals surface area (Å²) in [4.78, 5) is 4.83. The van der Waals surface area contributed by atoms with Gasteiger partial charge in [0.05, 0.1) is 0 Å². The lowest BCUT2D eigenvalue weighted by molar-refractivity contribution is 1.29. The van der Waals surface area contributed by atoms with E-state index in [0.29, 0.717) is 0 Å². The van der Waals surface area contributed by atoms with Gasteiger partial charge in [0, 0.05) is 34.1 Å². The zero-order chi connectivity index (χ0) is 55.8. The lowest BCUT2D eigenvalue weighted by Gasteiger charge is -2.28. The van der Waals surface area contributed by atoms with Gasteiger partial charge >= 0.3 is 0 Å². The van der Waals surface area contributed by atoms with E-state index in [1.165, 1.54) is 98.7 Å². The number of rotatable bonds is 12. The molecule has 0 unspecified atom stereocenters. The Labute approximate surface area is 490 Å². The van der Waals surface area contributed by atoms with Gasteiger partial charge < -0.3 is 9.80 Å². The third-order valence-corrected chi connectivity index (χ3v) is 16.6. The molecule has 0 amide bonds. The fourth-order valence-electron chi connectivity index (χ4n) is 12.4. The minimum atomic E-state index is 1.06. The number of hydrogen-bond acceptors (Lipinski definition) is 2. The van der Waals surface area contributed by atoms with Crippen LogP contribution in [0.15, 0.2) is 340 Å². The molecule has 0 bridgehead atoms. The molecule has 0 heterocycles. The minimum absolute atomic E-state index is 1.06.